The standard InChI is InChI=1S/C18H30.C2H6/c1-14(2)12-15-10-11-17(13-15)18(3,4)16-8-6-5-7-9-16;1-2/h12-14,16H,5-11H2,1-4H3;1-2H3/b15-12-;. The van der Waals surface area contributed by atoms with Crippen LogP contribution in [0.15, 0.2) is 23.3 Å². The average Bonchev–Trinajstić information content (AvgIpc) is 2.90. The Labute approximate surface area is 127 Å². The van der Waals surface area contributed by atoms with Gasteiger partial charge in [0.15, 0.2) is 0 Å². The first kappa shape index (κ1) is 17.5. The summed E-state index contributed by atoms with van der Waals surface area (Å²) >= 11 is 0. The van der Waals surface area contributed by atoms with Crippen molar-refractivity contribution in [3.63, 3.8) is 0 Å². The van der Waals surface area contributed by atoms with Crippen LogP contribution in [-0.2, 0) is 0 Å². The van der Waals surface area contributed by atoms with Gasteiger partial charge in [0, 0.05) is 0 Å². The molecule has 2 aliphatic carbocycles. The summed E-state index contributed by atoms with van der Waals surface area (Å²) in [5, 5.41) is 0. The third-order valence-electron chi connectivity index (χ3n) is 5.04. The van der Waals surface area contributed by atoms with E-state index in [4.69, 9.17) is 0 Å². The number of rotatable bonds is 3. The molecule has 0 saturated heterocycles. The van der Waals surface area contributed by atoms with Crippen LogP contribution in [-0.4, -0.2) is 0 Å². The van der Waals surface area contributed by atoms with Gasteiger partial charge in [-0.05, 0) is 42.9 Å². The molecular formula is C20H36. The number of hydrogen-bond acceptors (Lipinski definition) is 0. The van der Waals surface area contributed by atoms with E-state index in [1.165, 1.54) is 44.9 Å². The van der Waals surface area contributed by atoms with E-state index in [1.807, 2.05) is 13.8 Å². The van der Waals surface area contributed by atoms with Gasteiger partial charge in [0.2, 0.25) is 0 Å². The van der Waals surface area contributed by atoms with E-state index in [9.17, 15) is 0 Å². The van der Waals surface area contributed by atoms with E-state index in [0.717, 1.165) is 5.92 Å². The van der Waals surface area contributed by atoms with Crippen molar-refractivity contribution in [1.29, 1.82) is 0 Å². The predicted molar refractivity (Wildman–Crippen MR) is 91.9 cm³/mol. The van der Waals surface area contributed by atoms with Crippen LogP contribution < -0.4 is 0 Å². The smallest absolute Gasteiger partial charge is 0.0113 e. The Morgan fingerprint density at radius 1 is 1.05 bits per heavy atom. The summed E-state index contributed by atoms with van der Waals surface area (Å²) in [4.78, 5) is 0. The highest BCUT2D eigenvalue weighted by Gasteiger charge is 2.34. The quantitative estimate of drug-likeness (QED) is 0.524. The van der Waals surface area contributed by atoms with Crippen molar-refractivity contribution in [3.05, 3.63) is 23.3 Å². The maximum Gasteiger partial charge on any atom is -0.0113 e. The molecule has 0 heteroatoms. The van der Waals surface area contributed by atoms with Gasteiger partial charge < -0.3 is 0 Å². The van der Waals surface area contributed by atoms with Crippen molar-refractivity contribution >= 4 is 0 Å². The summed E-state index contributed by atoms with van der Waals surface area (Å²) in [6, 6.07) is 0. The highest BCUT2D eigenvalue weighted by Crippen LogP contribution is 2.47. The zero-order chi connectivity index (χ0) is 15.2. The minimum Gasteiger partial charge on any atom is -0.0787 e. The summed E-state index contributed by atoms with van der Waals surface area (Å²) < 4.78 is 0. The molecule has 1 fully saturated rings. The Bertz CT molecular complexity index is 335. The van der Waals surface area contributed by atoms with E-state index in [-0.39, 0.29) is 0 Å². The van der Waals surface area contributed by atoms with Crippen LogP contribution in [0.1, 0.15) is 86.5 Å². The van der Waals surface area contributed by atoms with Crippen molar-refractivity contribution < 1.29 is 0 Å². The van der Waals surface area contributed by atoms with E-state index in [0.29, 0.717) is 11.3 Å². The van der Waals surface area contributed by atoms with Gasteiger partial charge in [-0.1, -0.05) is 84.1 Å². The molecule has 0 aliphatic heterocycles. The van der Waals surface area contributed by atoms with Crippen LogP contribution in [0, 0.1) is 17.3 Å². The Hall–Kier alpha value is -0.520. The van der Waals surface area contributed by atoms with Crippen LogP contribution in [0.2, 0.25) is 0 Å². The molecule has 0 bridgehead atoms. The lowest BCUT2D eigenvalue weighted by Crippen LogP contribution is -2.27. The third-order valence-corrected chi connectivity index (χ3v) is 5.04. The van der Waals surface area contributed by atoms with Gasteiger partial charge in [-0.3, -0.25) is 0 Å². The largest absolute Gasteiger partial charge is 0.0787 e. The summed E-state index contributed by atoms with van der Waals surface area (Å²) in [7, 11) is 0. The first-order valence-corrected chi connectivity index (χ1v) is 8.92. The van der Waals surface area contributed by atoms with Crippen molar-refractivity contribution in [1.82, 2.24) is 0 Å². The van der Waals surface area contributed by atoms with E-state index >= 15 is 0 Å². The lowest BCUT2D eigenvalue weighted by Gasteiger charge is -2.38. The maximum absolute atomic E-state index is 2.52. The van der Waals surface area contributed by atoms with Crippen LogP contribution >= 0.6 is 0 Å². The average molecular weight is 277 g/mol. The fourth-order valence-corrected chi connectivity index (χ4v) is 3.80. The molecular weight excluding hydrogens is 240 g/mol. The monoisotopic (exact) mass is 276 g/mol. The Morgan fingerprint density at radius 3 is 2.20 bits per heavy atom. The molecule has 2 rings (SSSR count). The molecule has 0 atom stereocenters. The van der Waals surface area contributed by atoms with Crippen molar-refractivity contribution in [2.24, 2.45) is 17.3 Å². The highest BCUT2D eigenvalue weighted by atomic mass is 14.4. The zero-order valence-corrected chi connectivity index (χ0v) is 14.8. The molecule has 0 aromatic carbocycles. The zero-order valence-electron chi connectivity index (χ0n) is 14.8. The second-order valence-corrected chi connectivity index (χ2v) is 7.21. The molecule has 0 aromatic rings. The molecule has 0 heterocycles. The SMILES string of the molecule is CC.CC(C)/C=C1\C=C(C(C)(C)C2CCCCC2)CC1. The summed E-state index contributed by atoms with van der Waals surface area (Å²) in [5.74, 6) is 1.62. The van der Waals surface area contributed by atoms with E-state index < -0.39 is 0 Å². The molecule has 0 spiro atoms. The van der Waals surface area contributed by atoms with E-state index in [1.54, 1.807) is 11.1 Å². The van der Waals surface area contributed by atoms with E-state index in [2.05, 4.69) is 39.8 Å². The molecule has 0 radical (unpaired) electrons. The van der Waals surface area contributed by atoms with Gasteiger partial charge in [-0.15, -0.1) is 0 Å². The van der Waals surface area contributed by atoms with Crippen LogP contribution in [0.3, 0.4) is 0 Å². The molecule has 2 aliphatic rings. The normalized spacial score (nSPS) is 22.8. The van der Waals surface area contributed by atoms with Gasteiger partial charge >= 0.3 is 0 Å². The molecule has 116 valence electrons. The minimum atomic E-state index is 0.437. The summed E-state index contributed by atoms with van der Waals surface area (Å²) in [6.45, 7) is 13.6. The Balaban J connectivity index is 0.000000956. The van der Waals surface area contributed by atoms with Gasteiger partial charge in [-0.25, -0.2) is 0 Å². The topological polar surface area (TPSA) is 0 Å². The summed E-state index contributed by atoms with van der Waals surface area (Å²) in [5.41, 5.74) is 3.75. The molecule has 0 aromatic heterocycles. The Kier molecular flexibility index (Phi) is 7.06. The van der Waals surface area contributed by atoms with Gasteiger partial charge in [0.05, 0.1) is 0 Å². The first-order valence-electron chi connectivity index (χ1n) is 8.92. The minimum absolute atomic E-state index is 0.437. The van der Waals surface area contributed by atoms with Crippen LogP contribution in [0.4, 0.5) is 0 Å². The van der Waals surface area contributed by atoms with Gasteiger partial charge in [0.25, 0.3) is 0 Å². The molecule has 0 unspecified atom stereocenters. The molecule has 0 amide bonds. The van der Waals surface area contributed by atoms with Gasteiger partial charge in [-0.2, -0.15) is 0 Å². The molecule has 0 N–H and O–H groups in total. The summed E-state index contributed by atoms with van der Waals surface area (Å²) in [6.07, 6.45) is 14.8. The third kappa shape index (κ3) is 4.50. The predicted octanol–water partition coefficient (Wildman–Crippen LogP) is 6.92. The highest BCUT2D eigenvalue weighted by molar-refractivity contribution is 5.34. The molecule has 1 saturated carbocycles. The van der Waals surface area contributed by atoms with Crippen molar-refractivity contribution in [2.75, 3.05) is 0 Å². The van der Waals surface area contributed by atoms with Crippen molar-refractivity contribution in [3.8, 4) is 0 Å². The van der Waals surface area contributed by atoms with Crippen LogP contribution in [0.5, 0.6) is 0 Å². The van der Waals surface area contributed by atoms with Crippen LogP contribution in [0.25, 0.3) is 0 Å². The van der Waals surface area contributed by atoms with Crippen molar-refractivity contribution in [2.45, 2.75) is 86.5 Å². The fraction of sp³-hybridized carbons (Fsp3) is 0.800. The maximum atomic E-state index is 2.52. The second kappa shape index (κ2) is 8.05. The number of hydrogen-bond donors (Lipinski definition) is 0. The lowest BCUT2D eigenvalue weighted by molar-refractivity contribution is 0.194. The first-order chi connectivity index (χ1) is 9.50. The lowest BCUT2D eigenvalue weighted by atomic mass is 9.67. The Morgan fingerprint density at radius 2 is 1.65 bits per heavy atom. The van der Waals surface area contributed by atoms with Gasteiger partial charge in [0.1, 0.15) is 0 Å². The number of allylic oxidation sites excluding steroid dienone is 4. The fourth-order valence-electron chi connectivity index (χ4n) is 3.80. The molecule has 20 heavy (non-hydrogen) atoms. The second-order valence-electron chi connectivity index (χ2n) is 7.21. The molecule has 0 nitrogen and oxygen atoms in total.